The summed E-state index contributed by atoms with van der Waals surface area (Å²) >= 11 is 0. The smallest absolute Gasteiger partial charge is 0.334 e. The quantitative estimate of drug-likeness (QED) is 0.148. The third-order valence-electron chi connectivity index (χ3n) is 3.60. The van der Waals surface area contributed by atoms with Crippen molar-refractivity contribution in [2.24, 2.45) is 5.92 Å². The fourth-order valence-electron chi connectivity index (χ4n) is 1.87. The van der Waals surface area contributed by atoms with Gasteiger partial charge in [-0.1, -0.05) is 100 Å². The number of esters is 2. The Kier molecular flexibility index (Phi) is 20.6. The molecule has 0 N–H and O–H groups in total. The van der Waals surface area contributed by atoms with Crippen molar-refractivity contribution in [1.82, 2.24) is 0 Å². The first-order valence-electron chi connectivity index (χ1n) is 10.0. The number of carbonyl (C=O) groups is 2. The highest BCUT2D eigenvalue weighted by atomic mass is 16.5. The van der Waals surface area contributed by atoms with Gasteiger partial charge < -0.3 is 9.47 Å². The molecule has 1 aromatic rings. The molecule has 0 aliphatic carbocycles. The molecule has 1 aromatic carbocycles. The van der Waals surface area contributed by atoms with E-state index in [0.29, 0.717) is 12.2 Å². The monoisotopic (exact) mass is 435 g/mol. The first-order chi connectivity index (χ1) is 15.4. The Labute approximate surface area is 192 Å². The summed E-state index contributed by atoms with van der Waals surface area (Å²) in [7, 11) is 1.31. The van der Waals surface area contributed by atoms with Crippen LogP contribution in [0.25, 0.3) is 6.08 Å². The average Bonchev–Trinajstić information content (AvgIpc) is 2.84. The van der Waals surface area contributed by atoms with Crippen molar-refractivity contribution >= 4 is 18.0 Å². The summed E-state index contributed by atoms with van der Waals surface area (Å²) in [6.07, 6.45) is 13.1. The van der Waals surface area contributed by atoms with Crippen LogP contribution in [0, 0.1) is 17.2 Å². The molecule has 32 heavy (non-hydrogen) atoms. The number of hydrogen-bond acceptors (Lipinski definition) is 5. The van der Waals surface area contributed by atoms with Crippen LogP contribution in [0.3, 0.4) is 0 Å². The molecule has 1 atom stereocenters. The van der Waals surface area contributed by atoms with Gasteiger partial charge >= 0.3 is 11.9 Å². The lowest BCUT2D eigenvalue weighted by atomic mass is 9.98. The van der Waals surface area contributed by atoms with Gasteiger partial charge in [-0.05, 0) is 12.0 Å². The van der Waals surface area contributed by atoms with Gasteiger partial charge in [0.25, 0.3) is 0 Å². The number of unbranched alkanes of at least 4 members (excludes halogenated alkanes) is 1. The molecule has 0 fully saturated rings. The number of rotatable bonds is 10. The summed E-state index contributed by atoms with van der Waals surface area (Å²) in [5.74, 6) is -1.17. The fraction of sp³-hybridized carbons (Fsp3) is 0.222. The van der Waals surface area contributed by atoms with E-state index in [2.05, 4.69) is 35.8 Å². The van der Waals surface area contributed by atoms with Gasteiger partial charge in [0.1, 0.15) is 0 Å². The van der Waals surface area contributed by atoms with E-state index in [1.807, 2.05) is 55.5 Å². The second-order valence-electron chi connectivity index (χ2n) is 6.00. The van der Waals surface area contributed by atoms with Crippen molar-refractivity contribution in [3.8, 4) is 6.07 Å². The van der Waals surface area contributed by atoms with Crippen LogP contribution in [0.5, 0.6) is 0 Å². The van der Waals surface area contributed by atoms with Crippen molar-refractivity contribution in [2.45, 2.75) is 19.8 Å². The van der Waals surface area contributed by atoms with Crippen LogP contribution >= 0.6 is 0 Å². The number of nitrogens with zero attached hydrogens (tertiary/aromatic N) is 1. The second kappa shape index (κ2) is 21.8. The Hall–Kier alpha value is -3.91. The summed E-state index contributed by atoms with van der Waals surface area (Å²) in [4.78, 5) is 21.8. The Morgan fingerprint density at radius 1 is 1.12 bits per heavy atom. The number of carbonyl (C=O) groups excluding carboxylic acids is 2. The number of hydrogen-bond donors (Lipinski definition) is 0. The zero-order valence-electron chi connectivity index (χ0n) is 19.0. The molecule has 0 heterocycles. The minimum atomic E-state index is -0.481. The Morgan fingerprint density at radius 2 is 1.75 bits per heavy atom. The molecule has 0 amide bonds. The average molecular weight is 436 g/mol. The molecule has 0 saturated heterocycles. The molecule has 170 valence electrons. The first kappa shape index (κ1) is 30.3. The van der Waals surface area contributed by atoms with E-state index < -0.39 is 5.97 Å². The third kappa shape index (κ3) is 17.0. The van der Waals surface area contributed by atoms with Crippen molar-refractivity contribution in [2.75, 3.05) is 13.7 Å². The number of benzene rings is 1. The molecule has 5 nitrogen and oxygen atoms in total. The van der Waals surface area contributed by atoms with Crippen LogP contribution in [0.1, 0.15) is 25.3 Å². The highest BCUT2D eigenvalue weighted by Gasteiger charge is 2.14. The molecule has 5 heteroatoms. The van der Waals surface area contributed by atoms with E-state index in [-0.39, 0.29) is 11.9 Å². The van der Waals surface area contributed by atoms with Crippen molar-refractivity contribution in [3.63, 3.8) is 0 Å². The lowest BCUT2D eigenvalue weighted by Crippen LogP contribution is -2.10. The fourth-order valence-corrected chi connectivity index (χ4v) is 1.87. The second-order valence-corrected chi connectivity index (χ2v) is 6.00. The number of allylic oxidation sites excluding steroid dienone is 5. The van der Waals surface area contributed by atoms with Crippen molar-refractivity contribution in [3.05, 3.63) is 104 Å². The van der Waals surface area contributed by atoms with E-state index in [9.17, 15) is 9.59 Å². The van der Waals surface area contributed by atoms with Crippen LogP contribution in [0.15, 0.2) is 98.7 Å². The molecule has 0 spiro atoms. The predicted octanol–water partition coefficient (Wildman–Crippen LogP) is 6.00. The standard InChI is InChI=1S/C16H15NO2.C7H12O2.C4H6/c1-13(16(18)19-2)15(9-6-12-17)11-10-14-7-4-3-5-8-14;1-3-5-6-9-7(8)4-2;1-3-4-2/h3-11,15H,1H2,2H3;4H,2-3,5-6H2,1H3;3-4H,1-2H2. The van der Waals surface area contributed by atoms with Crippen LogP contribution in [-0.4, -0.2) is 25.7 Å². The molecular formula is C27H33NO4. The van der Waals surface area contributed by atoms with Crippen LogP contribution in [0.2, 0.25) is 0 Å². The summed E-state index contributed by atoms with van der Waals surface area (Å²) in [6.45, 7) is 16.3. The maximum atomic E-state index is 11.5. The van der Waals surface area contributed by atoms with Gasteiger partial charge in [-0.3, -0.25) is 0 Å². The Balaban J connectivity index is 0. The molecule has 0 bridgehead atoms. The lowest BCUT2D eigenvalue weighted by molar-refractivity contribution is -0.138. The largest absolute Gasteiger partial charge is 0.466 e. The van der Waals surface area contributed by atoms with E-state index in [1.54, 1.807) is 18.2 Å². The van der Waals surface area contributed by atoms with E-state index in [4.69, 9.17) is 5.26 Å². The van der Waals surface area contributed by atoms with Gasteiger partial charge in [0.15, 0.2) is 0 Å². The highest BCUT2D eigenvalue weighted by Crippen LogP contribution is 2.16. The van der Waals surface area contributed by atoms with Gasteiger partial charge in [-0.15, -0.1) is 0 Å². The number of nitriles is 1. The Bertz CT molecular complexity index is 808. The maximum Gasteiger partial charge on any atom is 0.334 e. The molecule has 0 aromatic heterocycles. The summed E-state index contributed by atoms with van der Waals surface area (Å²) in [6, 6.07) is 11.6. The summed E-state index contributed by atoms with van der Waals surface area (Å²) in [5.41, 5.74) is 1.30. The summed E-state index contributed by atoms with van der Waals surface area (Å²) < 4.78 is 9.31. The molecule has 0 radical (unpaired) electrons. The summed E-state index contributed by atoms with van der Waals surface area (Å²) in [5, 5.41) is 8.57. The Morgan fingerprint density at radius 3 is 2.22 bits per heavy atom. The van der Waals surface area contributed by atoms with E-state index in [1.165, 1.54) is 19.3 Å². The zero-order chi connectivity index (χ0) is 24.6. The van der Waals surface area contributed by atoms with Gasteiger partial charge in [0, 0.05) is 23.6 Å². The minimum absolute atomic E-state index is 0.293. The van der Waals surface area contributed by atoms with Crippen LogP contribution in [0.4, 0.5) is 0 Å². The third-order valence-corrected chi connectivity index (χ3v) is 3.60. The molecule has 0 aliphatic heterocycles. The highest BCUT2D eigenvalue weighted by molar-refractivity contribution is 5.89. The molecule has 0 aliphatic rings. The van der Waals surface area contributed by atoms with E-state index >= 15 is 0 Å². The van der Waals surface area contributed by atoms with Crippen LogP contribution in [-0.2, 0) is 19.1 Å². The van der Waals surface area contributed by atoms with Crippen molar-refractivity contribution in [1.29, 1.82) is 5.26 Å². The number of ether oxygens (including phenoxy) is 2. The van der Waals surface area contributed by atoms with Gasteiger partial charge in [0.05, 0.1) is 19.8 Å². The van der Waals surface area contributed by atoms with Crippen LogP contribution < -0.4 is 0 Å². The normalized spacial score (nSPS) is 10.3. The van der Waals surface area contributed by atoms with Gasteiger partial charge in [-0.2, -0.15) is 5.26 Å². The predicted molar refractivity (Wildman–Crippen MR) is 131 cm³/mol. The maximum absolute atomic E-state index is 11.5. The first-order valence-corrected chi connectivity index (χ1v) is 10.0. The van der Waals surface area contributed by atoms with E-state index in [0.717, 1.165) is 18.4 Å². The molecular weight excluding hydrogens is 402 g/mol. The SMILES string of the molecule is C=C(C(=O)OC)C(C=CC#N)C=Cc1ccccc1.C=CC(=O)OCCCC.C=CC=C. The molecule has 0 saturated carbocycles. The minimum Gasteiger partial charge on any atom is -0.466 e. The zero-order valence-corrected chi connectivity index (χ0v) is 19.0. The van der Waals surface area contributed by atoms with Crippen molar-refractivity contribution < 1.29 is 19.1 Å². The van der Waals surface area contributed by atoms with Gasteiger partial charge in [0.2, 0.25) is 0 Å². The topological polar surface area (TPSA) is 76.4 Å². The lowest BCUT2D eigenvalue weighted by Gasteiger charge is -2.09. The molecule has 1 rings (SSSR count). The van der Waals surface area contributed by atoms with Gasteiger partial charge in [-0.25, -0.2) is 9.59 Å². The molecule has 1 unspecified atom stereocenters. The number of methoxy groups -OCH3 is 1.